The SMILES string of the molecule is CCCCCCOc1ccc2cc(C#CCO)ccc2c1. The lowest BCUT2D eigenvalue weighted by molar-refractivity contribution is 0.305. The van der Waals surface area contributed by atoms with Crippen molar-refractivity contribution in [1.29, 1.82) is 0 Å². The summed E-state index contributed by atoms with van der Waals surface area (Å²) in [6.45, 7) is 2.89. The van der Waals surface area contributed by atoms with Crippen LogP contribution in [0, 0.1) is 11.8 Å². The maximum absolute atomic E-state index is 8.72. The molecule has 0 amide bonds. The van der Waals surface area contributed by atoms with E-state index in [4.69, 9.17) is 9.84 Å². The lowest BCUT2D eigenvalue weighted by atomic mass is 10.1. The molecule has 0 spiro atoms. The van der Waals surface area contributed by atoms with Gasteiger partial charge in [-0.15, -0.1) is 0 Å². The fourth-order valence-corrected chi connectivity index (χ4v) is 2.25. The smallest absolute Gasteiger partial charge is 0.119 e. The molecule has 21 heavy (non-hydrogen) atoms. The van der Waals surface area contributed by atoms with Gasteiger partial charge in [-0.1, -0.05) is 50.2 Å². The zero-order chi connectivity index (χ0) is 14.9. The van der Waals surface area contributed by atoms with Crippen LogP contribution >= 0.6 is 0 Å². The molecule has 0 atom stereocenters. The van der Waals surface area contributed by atoms with Crippen LogP contribution < -0.4 is 4.74 Å². The molecule has 2 heteroatoms. The summed E-state index contributed by atoms with van der Waals surface area (Å²) in [5, 5.41) is 11.0. The van der Waals surface area contributed by atoms with Crippen LogP contribution in [0.1, 0.15) is 38.2 Å². The Hall–Kier alpha value is -1.98. The minimum atomic E-state index is -0.108. The molecule has 0 aromatic heterocycles. The minimum absolute atomic E-state index is 0.108. The van der Waals surface area contributed by atoms with E-state index in [9.17, 15) is 0 Å². The maximum atomic E-state index is 8.72. The van der Waals surface area contributed by atoms with Crippen molar-refractivity contribution < 1.29 is 9.84 Å². The van der Waals surface area contributed by atoms with Crippen molar-refractivity contribution in [2.45, 2.75) is 32.6 Å². The predicted octanol–water partition coefficient (Wildman–Crippen LogP) is 4.14. The molecule has 110 valence electrons. The van der Waals surface area contributed by atoms with Gasteiger partial charge >= 0.3 is 0 Å². The first-order chi connectivity index (χ1) is 10.3. The second-order valence-corrected chi connectivity index (χ2v) is 5.09. The molecule has 0 aliphatic heterocycles. The Kier molecular flexibility index (Phi) is 6.12. The zero-order valence-corrected chi connectivity index (χ0v) is 12.6. The Bertz CT molecular complexity index is 635. The molecule has 0 saturated heterocycles. The lowest BCUT2D eigenvalue weighted by Crippen LogP contribution is -1.97. The van der Waals surface area contributed by atoms with Gasteiger partial charge in [0, 0.05) is 5.56 Å². The van der Waals surface area contributed by atoms with Gasteiger partial charge in [0.1, 0.15) is 12.4 Å². The first-order valence-electron chi connectivity index (χ1n) is 7.60. The Labute approximate surface area is 126 Å². The monoisotopic (exact) mass is 282 g/mol. The van der Waals surface area contributed by atoms with Crippen LogP contribution in [0.4, 0.5) is 0 Å². The van der Waals surface area contributed by atoms with Gasteiger partial charge < -0.3 is 9.84 Å². The Morgan fingerprint density at radius 2 is 1.81 bits per heavy atom. The third-order valence-electron chi connectivity index (χ3n) is 3.39. The van der Waals surface area contributed by atoms with Crippen molar-refractivity contribution in [1.82, 2.24) is 0 Å². The van der Waals surface area contributed by atoms with Crippen molar-refractivity contribution in [2.24, 2.45) is 0 Å². The first kappa shape index (κ1) is 15.4. The highest BCUT2D eigenvalue weighted by molar-refractivity contribution is 5.85. The summed E-state index contributed by atoms with van der Waals surface area (Å²) >= 11 is 0. The van der Waals surface area contributed by atoms with Gasteiger partial charge in [0.05, 0.1) is 6.61 Å². The Balaban J connectivity index is 2.01. The summed E-state index contributed by atoms with van der Waals surface area (Å²) in [7, 11) is 0. The van der Waals surface area contributed by atoms with E-state index in [0.29, 0.717) is 0 Å². The molecule has 0 unspecified atom stereocenters. The van der Waals surface area contributed by atoms with E-state index in [2.05, 4.69) is 30.9 Å². The van der Waals surface area contributed by atoms with Gasteiger partial charge in [-0.2, -0.15) is 0 Å². The van der Waals surface area contributed by atoms with Crippen LogP contribution in [-0.4, -0.2) is 18.3 Å². The molecule has 0 saturated carbocycles. The largest absolute Gasteiger partial charge is 0.494 e. The predicted molar refractivity (Wildman–Crippen MR) is 87.5 cm³/mol. The van der Waals surface area contributed by atoms with Crippen molar-refractivity contribution in [3.63, 3.8) is 0 Å². The molecule has 2 rings (SSSR count). The molecular weight excluding hydrogens is 260 g/mol. The third kappa shape index (κ3) is 4.81. The number of ether oxygens (including phenoxy) is 1. The molecule has 0 aliphatic rings. The first-order valence-corrected chi connectivity index (χ1v) is 7.60. The summed E-state index contributed by atoms with van der Waals surface area (Å²) in [6.07, 6.45) is 4.87. The minimum Gasteiger partial charge on any atom is -0.494 e. The number of aliphatic hydroxyl groups excluding tert-OH is 1. The maximum Gasteiger partial charge on any atom is 0.119 e. The third-order valence-corrected chi connectivity index (χ3v) is 3.39. The average Bonchev–Trinajstić information content (AvgIpc) is 2.52. The van der Waals surface area contributed by atoms with Gasteiger partial charge in [-0.05, 0) is 41.5 Å². The van der Waals surface area contributed by atoms with E-state index in [1.807, 2.05) is 24.3 Å². The fraction of sp³-hybridized carbons (Fsp3) is 0.368. The summed E-state index contributed by atoms with van der Waals surface area (Å²) in [4.78, 5) is 0. The van der Waals surface area contributed by atoms with Gasteiger partial charge in [0.25, 0.3) is 0 Å². The van der Waals surface area contributed by atoms with E-state index >= 15 is 0 Å². The van der Waals surface area contributed by atoms with E-state index in [1.54, 1.807) is 0 Å². The Morgan fingerprint density at radius 3 is 2.62 bits per heavy atom. The van der Waals surface area contributed by atoms with Crippen molar-refractivity contribution in [2.75, 3.05) is 13.2 Å². The lowest BCUT2D eigenvalue weighted by Gasteiger charge is -2.07. The number of aliphatic hydroxyl groups is 1. The summed E-state index contributed by atoms with van der Waals surface area (Å²) < 4.78 is 5.79. The van der Waals surface area contributed by atoms with Crippen LogP contribution in [0.25, 0.3) is 10.8 Å². The van der Waals surface area contributed by atoms with Crippen LogP contribution in [-0.2, 0) is 0 Å². The van der Waals surface area contributed by atoms with E-state index in [0.717, 1.165) is 35.1 Å². The normalized spacial score (nSPS) is 10.2. The number of benzene rings is 2. The van der Waals surface area contributed by atoms with Crippen LogP contribution in [0.15, 0.2) is 36.4 Å². The second-order valence-electron chi connectivity index (χ2n) is 5.09. The van der Waals surface area contributed by atoms with E-state index in [1.165, 1.54) is 19.3 Å². The zero-order valence-electron chi connectivity index (χ0n) is 12.6. The molecule has 0 heterocycles. The highest BCUT2D eigenvalue weighted by Crippen LogP contribution is 2.22. The summed E-state index contributed by atoms with van der Waals surface area (Å²) in [5.74, 6) is 6.51. The quantitative estimate of drug-likeness (QED) is 0.637. The molecule has 2 aromatic rings. The number of unbranched alkanes of at least 4 members (excludes halogenated alkanes) is 3. The average molecular weight is 282 g/mol. The number of rotatable bonds is 6. The molecular formula is C19H22O2. The number of fused-ring (bicyclic) bond motifs is 1. The highest BCUT2D eigenvalue weighted by Gasteiger charge is 1.99. The van der Waals surface area contributed by atoms with Gasteiger partial charge in [0.2, 0.25) is 0 Å². The van der Waals surface area contributed by atoms with Crippen molar-refractivity contribution in [3.8, 4) is 17.6 Å². The summed E-state index contributed by atoms with van der Waals surface area (Å²) in [5.41, 5.74) is 0.921. The van der Waals surface area contributed by atoms with Crippen molar-refractivity contribution >= 4 is 10.8 Å². The van der Waals surface area contributed by atoms with E-state index in [-0.39, 0.29) is 6.61 Å². The van der Waals surface area contributed by atoms with Crippen LogP contribution in [0.2, 0.25) is 0 Å². The van der Waals surface area contributed by atoms with Crippen LogP contribution in [0.5, 0.6) is 5.75 Å². The fourth-order valence-electron chi connectivity index (χ4n) is 2.25. The Morgan fingerprint density at radius 1 is 1.00 bits per heavy atom. The molecule has 2 aromatic carbocycles. The molecule has 2 nitrogen and oxygen atoms in total. The molecule has 0 bridgehead atoms. The number of hydrogen-bond acceptors (Lipinski definition) is 2. The highest BCUT2D eigenvalue weighted by atomic mass is 16.5. The van der Waals surface area contributed by atoms with Gasteiger partial charge in [0.15, 0.2) is 0 Å². The molecule has 0 aliphatic carbocycles. The number of hydrogen-bond donors (Lipinski definition) is 1. The summed E-state index contributed by atoms with van der Waals surface area (Å²) in [6, 6.07) is 12.2. The van der Waals surface area contributed by atoms with E-state index < -0.39 is 0 Å². The van der Waals surface area contributed by atoms with Crippen LogP contribution in [0.3, 0.4) is 0 Å². The standard InChI is InChI=1S/C19H22O2/c1-2-3-4-5-13-21-19-11-10-17-14-16(7-6-12-20)8-9-18(17)15-19/h8-11,14-15,20H,2-5,12-13H2,1H3. The van der Waals surface area contributed by atoms with Gasteiger partial charge in [-0.25, -0.2) is 0 Å². The topological polar surface area (TPSA) is 29.5 Å². The van der Waals surface area contributed by atoms with Crippen molar-refractivity contribution in [3.05, 3.63) is 42.0 Å². The second kappa shape index (κ2) is 8.34. The molecule has 1 N–H and O–H groups in total. The molecule has 0 radical (unpaired) electrons. The van der Waals surface area contributed by atoms with Gasteiger partial charge in [-0.3, -0.25) is 0 Å². The molecule has 0 fully saturated rings.